The number of aryl methyl sites for hydroxylation is 1. The number of benzene rings is 1. The summed E-state index contributed by atoms with van der Waals surface area (Å²) in [7, 11) is 1.37. The van der Waals surface area contributed by atoms with Crippen LogP contribution in [0.2, 0.25) is 0 Å². The molecule has 0 aliphatic heterocycles. The molecule has 0 amide bonds. The fourth-order valence-corrected chi connectivity index (χ4v) is 1.63. The third kappa shape index (κ3) is 2.43. The third-order valence-corrected chi connectivity index (χ3v) is 2.62. The Labute approximate surface area is 105 Å². The number of carboxylic acid groups (broad SMARTS) is 1. The fourth-order valence-electron chi connectivity index (χ4n) is 1.63. The van der Waals surface area contributed by atoms with Crippen molar-refractivity contribution < 1.29 is 23.8 Å². The quantitative estimate of drug-likeness (QED) is 0.729. The number of carbonyl (C=O) groups is 1. The van der Waals surface area contributed by atoms with Gasteiger partial charge in [-0.15, -0.1) is 0 Å². The van der Waals surface area contributed by atoms with E-state index in [9.17, 15) is 14.0 Å². The highest BCUT2D eigenvalue weighted by Crippen LogP contribution is 2.21. The predicted molar refractivity (Wildman–Crippen MR) is 63.5 cm³/mol. The average molecular weight is 270 g/mol. The molecular weight excluding hydrogens is 259 g/mol. The molecule has 0 unspecified atom stereocenters. The Morgan fingerprint density at radius 2 is 2.26 bits per heavy atom. The fraction of sp³-hybridized carbons (Fsp3) is 0.273. The zero-order valence-electron chi connectivity index (χ0n) is 9.88. The number of aliphatic hydroxyl groups excluding tert-OH is 1. The standard InChI is InChI=1S/C11H11FN2O5/c1-14-9-6(12)2-5(3-8(9)19-11(14)18)13-4-7(15)10(16)17/h2-3,7,13,15H,4H2,1H3,(H,16,17)/t7-/m1/s1. The van der Waals surface area contributed by atoms with Crippen LogP contribution >= 0.6 is 0 Å². The monoisotopic (exact) mass is 270 g/mol. The van der Waals surface area contributed by atoms with Crippen LogP contribution in [0.4, 0.5) is 10.1 Å². The van der Waals surface area contributed by atoms with Crippen LogP contribution in [0.3, 0.4) is 0 Å². The maximum absolute atomic E-state index is 13.8. The Morgan fingerprint density at radius 3 is 2.89 bits per heavy atom. The van der Waals surface area contributed by atoms with E-state index in [-0.39, 0.29) is 23.3 Å². The molecule has 2 aromatic rings. The van der Waals surface area contributed by atoms with E-state index in [1.807, 2.05) is 0 Å². The number of aliphatic carboxylic acids is 1. The van der Waals surface area contributed by atoms with Gasteiger partial charge >= 0.3 is 11.7 Å². The van der Waals surface area contributed by atoms with Gasteiger partial charge in [0.05, 0.1) is 6.54 Å². The van der Waals surface area contributed by atoms with Gasteiger partial charge in [-0.2, -0.15) is 0 Å². The number of rotatable bonds is 4. The van der Waals surface area contributed by atoms with E-state index in [1.165, 1.54) is 13.1 Å². The van der Waals surface area contributed by atoms with Gasteiger partial charge in [0.1, 0.15) is 5.52 Å². The highest BCUT2D eigenvalue weighted by molar-refractivity contribution is 5.78. The summed E-state index contributed by atoms with van der Waals surface area (Å²) in [6, 6.07) is 2.44. The van der Waals surface area contributed by atoms with Crippen molar-refractivity contribution in [1.82, 2.24) is 4.57 Å². The van der Waals surface area contributed by atoms with Crippen molar-refractivity contribution in [3.8, 4) is 0 Å². The lowest BCUT2D eigenvalue weighted by atomic mass is 10.2. The van der Waals surface area contributed by atoms with E-state index in [1.54, 1.807) is 0 Å². The molecule has 0 bridgehead atoms. The largest absolute Gasteiger partial charge is 0.479 e. The van der Waals surface area contributed by atoms with Crippen LogP contribution in [0.5, 0.6) is 0 Å². The van der Waals surface area contributed by atoms with Crippen LogP contribution in [0, 0.1) is 5.82 Å². The number of halogens is 1. The zero-order valence-corrected chi connectivity index (χ0v) is 9.88. The Kier molecular flexibility index (Phi) is 3.26. The Bertz CT molecular complexity index is 690. The molecule has 1 heterocycles. The molecule has 19 heavy (non-hydrogen) atoms. The second kappa shape index (κ2) is 4.73. The molecule has 102 valence electrons. The summed E-state index contributed by atoms with van der Waals surface area (Å²) in [4.78, 5) is 21.7. The Morgan fingerprint density at radius 1 is 1.58 bits per heavy atom. The molecule has 2 rings (SSSR count). The van der Waals surface area contributed by atoms with Gasteiger partial charge in [0.2, 0.25) is 0 Å². The number of carboxylic acids is 1. The molecule has 0 saturated carbocycles. The highest BCUT2D eigenvalue weighted by Gasteiger charge is 2.15. The summed E-state index contributed by atoms with van der Waals surface area (Å²) in [6.45, 7) is -0.294. The second-order valence-corrected chi connectivity index (χ2v) is 3.97. The first-order chi connectivity index (χ1) is 8.90. The van der Waals surface area contributed by atoms with E-state index in [4.69, 9.17) is 14.6 Å². The summed E-state index contributed by atoms with van der Waals surface area (Å²) in [5.41, 5.74) is 0.272. The summed E-state index contributed by atoms with van der Waals surface area (Å²) in [5.74, 6) is -2.77. The first-order valence-corrected chi connectivity index (χ1v) is 5.34. The van der Waals surface area contributed by atoms with Gasteiger partial charge in [-0.05, 0) is 6.07 Å². The first kappa shape index (κ1) is 13.1. The highest BCUT2D eigenvalue weighted by atomic mass is 19.1. The van der Waals surface area contributed by atoms with E-state index in [2.05, 4.69) is 5.32 Å². The SMILES string of the molecule is Cn1c(=O)oc2cc(NC[C@@H](O)C(=O)O)cc(F)c21. The van der Waals surface area contributed by atoms with Crippen LogP contribution in [0.25, 0.3) is 11.1 Å². The van der Waals surface area contributed by atoms with Crippen LogP contribution in [-0.4, -0.2) is 33.4 Å². The summed E-state index contributed by atoms with van der Waals surface area (Å²) < 4.78 is 19.6. The lowest BCUT2D eigenvalue weighted by Gasteiger charge is -2.09. The number of aromatic nitrogens is 1. The molecule has 1 atom stereocenters. The number of nitrogens with zero attached hydrogens (tertiary/aromatic N) is 1. The number of aliphatic hydroxyl groups is 1. The molecular formula is C11H11FN2O5. The van der Waals surface area contributed by atoms with Crippen molar-refractivity contribution in [3.05, 3.63) is 28.5 Å². The van der Waals surface area contributed by atoms with Crippen molar-refractivity contribution in [2.45, 2.75) is 6.10 Å². The number of hydrogen-bond donors (Lipinski definition) is 3. The minimum Gasteiger partial charge on any atom is -0.479 e. The topological polar surface area (TPSA) is 105 Å². The number of hydrogen-bond acceptors (Lipinski definition) is 5. The van der Waals surface area contributed by atoms with Gasteiger partial charge < -0.3 is 19.9 Å². The number of anilines is 1. The van der Waals surface area contributed by atoms with Crippen molar-refractivity contribution >= 4 is 22.8 Å². The maximum atomic E-state index is 13.8. The maximum Gasteiger partial charge on any atom is 0.419 e. The van der Waals surface area contributed by atoms with Crippen molar-refractivity contribution in [2.24, 2.45) is 7.05 Å². The zero-order chi connectivity index (χ0) is 14.2. The van der Waals surface area contributed by atoms with Crippen molar-refractivity contribution in [1.29, 1.82) is 0 Å². The van der Waals surface area contributed by atoms with E-state index in [0.29, 0.717) is 0 Å². The number of nitrogens with one attached hydrogen (secondary N) is 1. The van der Waals surface area contributed by atoms with Gasteiger partial charge in [0, 0.05) is 18.8 Å². The van der Waals surface area contributed by atoms with Gasteiger partial charge in [-0.1, -0.05) is 0 Å². The van der Waals surface area contributed by atoms with Crippen molar-refractivity contribution in [3.63, 3.8) is 0 Å². The summed E-state index contributed by atoms with van der Waals surface area (Å²) in [6.07, 6.45) is -1.61. The molecule has 0 fully saturated rings. The van der Waals surface area contributed by atoms with Crippen LogP contribution in [-0.2, 0) is 11.8 Å². The molecule has 8 heteroatoms. The van der Waals surface area contributed by atoms with Crippen LogP contribution in [0.1, 0.15) is 0 Å². The number of oxazole rings is 1. The Balaban J connectivity index is 2.31. The normalized spacial score (nSPS) is 12.6. The predicted octanol–water partition coefficient (Wildman–Crippen LogP) is 0.128. The average Bonchev–Trinajstić information content (AvgIpc) is 2.62. The van der Waals surface area contributed by atoms with Gasteiger partial charge in [0.15, 0.2) is 17.5 Å². The molecule has 0 radical (unpaired) electrons. The van der Waals surface area contributed by atoms with E-state index in [0.717, 1.165) is 10.6 Å². The van der Waals surface area contributed by atoms with E-state index >= 15 is 0 Å². The molecule has 1 aromatic carbocycles. The van der Waals surface area contributed by atoms with Gasteiger partial charge in [0.25, 0.3) is 0 Å². The molecule has 3 N–H and O–H groups in total. The minimum atomic E-state index is -1.61. The minimum absolute atomic E-state index is 0.0225. The Hall–Kier alpha value is -2.35. The molecule has 7 nitrogen and oxygen atoms in total. The number of fused-ring (bicyclic) bond motifs is 1. The third-order valence-electron chi connectivity index (χ3n) is 2.62. The molecule has 1 aromatic heterocycles. The molecule has 0 aliphatic rings. The van der Waals surface area contributed by atoms with E-state index < -0.39 is 23.6 Å². The van der Waals surface area contributed by atoms with Crippen LogP contribution < -0.4 is 11.1 Å². The summed E-state index contributed by atoms with van der Waals surface area (Å²) in [5, 5.41) is 20.1. The molecule has 0 aliphatic carbocycles. The lowest BCUT2D eigenvalue weighted by molar-refractivity contribution is -0.145. The smallest absolute Gasteiger partial charge is 0.419 e. The second-order valence-electron chi connectivity index (χ2n) is 3.97. The molecule has 0 saturated heterocycles. The van der Waals surface area contributed by atoms with Gasteiger partial charge in [-0.25, -0.2) is 14.0 Å². The first-order valence-electron chi connectivity index (χ1n) is 5.34. The lowest BCUT2D eigenvalue weighted by Crippen LogP contribution is -2.28. The molecule has 0 spiro atoms. The van der Waals surface area contributed by atoms with Crippen molar-refractivity contribution in [2.75, 3.05) is 11.9 Å². The van der Waals surface area contributed by atoms with Crippen LogP contribution in [0.15, 0.2) is 21.3 Å². The van der Waals surface area contributed by atoms with Gasteiger partial charge in [-0.3, -0.25) is 4.57 Å². The summed E-state index contributed by atoms with van der Waals surface area (Å²) >= 11 is 0.